The number of benzene rings is 1. The van der Waals surface area contributed by atoms with Gasteiger partial charge >= 0.3 is 57.4 Å². The van der Waals surface area contributed by atoms with E-state index in [9.17, 15) is 4.79 Å². The van der Waals surface area contributed by atoms with Crippen LogP contribution in [0.3, 0.4) is 0 Å². The first-order valence-electron chi connectivity index (χ1n) is 3.84. The zero-order valence-electron chi connectivity index (χ0n) is 9.37. The summed E-state index contributed by atoms with van der Waals surface area (Å²) in [7, 11) is 0. The van der Waals surface area contributed by atoms with E-state index >= 15 is 0 Å². The maximum absolute atomic E-state index is 10.4. The van der Waals surface area contributed by atoms with Crippen LogP contribution in [-0.4, -0.2) is 11.1 Å². The van der Waals surface area contributed by atoms with Gasteiger partial charge < -0.3 is 6.53 Å². The number of carbonyl (C=O) groups is 1. The second kappa shape index (κ2) is 7.46. The standard InChI is InChI=1S/C10H5Cl2NO2.K.H/c11-8-2-1-6(3-9(8)12)7(5-13)4-10(14)15;;/h1-4H,(H,14,15);;/q;+1;-1/b7-4+;;. The summed E-state index contributed by atoms with van der Waals surface area (Å²) in [5.41, 5.74) is 0.454. The molecule has 0 atom stereocenters. The number of nitriles is 1. The van der Waals surface area contributed by atoms with Gasteiger partial charge in [0.25, 0.3) is 0 Å². The van der Waals surface area contributed by atoms with Crippen molar-refractivity contribution in [2.24, 2.45) is 0 Å². The molecule has 1 rings (SSSR count). The molecule has 0 amide bonds. The Hall–Kier alpha value is 0.136. The summed E-state index contributed by atoms with van der Waals surface area (Å²) < 4.78 is 0. The number of hydrogen-bond acceptors (Lipinski definition) is 2. The number of aliphatic carboxylic acids is 1. The summed E-state index contributed by atoms with van der Waals surface area (Å²) in [4.78, 5) is 10.4. The van der Waals surface area contributed by atoms with Gasteiger partial charge in [0.15, 0.2) is 0 Å². The predicted molar refractivity (Wildman–Crippen MR) is 58.8 cm³/mol. The first-order valence-corrected chi connectivity index (χ1v) is 4.60. The van der Waals surface area contributed by atoms with E-state index in [0.717, 1.165) is 6.08 Å². The molecule has 0 spiro atoms. The van der Waals surface area contributed by atoms with Crippen molar-refractivity contribution in [2.75, 3.05) is 0 Å². The molecule has 1 N–H and O–H groups in total. The Morgan fingerprint density at radius 3 is 2.50 bits per heavy atom. The SMILES string of the molecule is N#C/C(=C\C(=O)O)c1ccc(Cl)c(Cl)c1.[H-].[K+]. The van der Waals surface area contributed by atoms with E-state index in [1.165, 1.54) is 18.2 Å². The Bertz CT molecular complexity index is 486. The van der Waals surface area contributed by atoms with Gasteiger partial charge in [-0.05, 0) is 17.7 Å². The van der Waals surface area contributed by atoms with Gasteiger partial charge in [0, 0.05) is 6.08 Å². The van der Waals surface area contributed by atoms with E-state index in [4.69, 9.17) is 33.6 Å². The van der Waals surface area contributed by atoms with Crippen molar-refractivity contribution >= 4 is 34.7 Å². The Morgan fingerprint density at radius 1 is 1.44 bits per heavy atom. The van der Waals surface area contributed by atoms with Gasteiger partial charge in [-0.15, -0.1) is 0 Å². The van der Waals surface area contributed by atoms with Crippen LogP contribution >= 0.6 is 23.2 Å². The fourth-order valence-corrected chi connectivity index (χ4v) is 1.27. The van der Waals surface area contributed by atoms with Gasteiger partial charge in [-0.2, -0.15) is 5.26 Å². The molecule has 0 unspecified atom stereocenters. The molecule has 0 aliphatic heterocycles. The van der Waals surface area contributed by atoms with Crippen LogP contribution in [0.4, 0.5) is 0 Å². The number of carboxylic acids is 1. The molecule has 0 heterocycles. The van der Waals surface area contributed by atoms with Crippen LogP contribution in [0.15, 0.2) is 24.3 Å². The van der Waals surface area contributed by atoms with Crippen LogP contribution in [0, 0.1) is 11.3 Å². The summed E-state index contributed by atoms with van der Waals surface area (Å²) in [6.07, 6.45) is 0.819. The van der Waals surface area contributed by atoms with Crippen LogP contribution in [0.2, 0.25) is 10.0 Å². The zero-order valence-corrected chi connectivity index (χ0v) is 13.0. The third-order valence-electron chi connectivity index (χ3n) is 1.62. The average molecular weight is 282 g/mol. The van der Waals surface area contributed by atoms with Crippen molar-refractivity contribution in [1.82, 2.24) is 0 Å². The van der Waals surface area contributed by atoms with Crippen molar-refractivity contribution in [2.45, 2.75) is 0 Å². The zero-order chi connectivity index (χ0) is 11.4. The predicted octanol–water partition coefficient (Wildman–Crippen LogP) is 0.101. The molecule has 0 aliphatic carbocycles. The van der Waals surface area contributed by atoms with Crippen molar-refractivity contribution in [3.05, 3.63) is 39.9 Å². The van der Waals surface area contributed by atoms with E-state index < -0.39 is 5.97 Å². The molecular weight excluding hydrogens is 276 g/mol. The van der Waals surface area contributed by atoms with E-state index in [1.54, 1.807) is 6.07 Å². The molecule has 78 valence electrons. The van der Waals surface area contributed by atoms with Crippen molar-refractivity contribution in [3.63, 3.8) is 0 Å². The minimum Gasteiger partial charge on any atom is -1.00 e. The van der Waals surface area contributed by atoms with Crippen LogP contribution < -0.4 is 51.4 Å². The van der Waals surface area contributed by atoms with Gasteiger partial charge in [0.2, 0.25) is 0 Å². The van der Waals surface area contributed by atoms with Gasteiger partial charge in [-0.25, -0.2) is 4.79 Å². The average Bonchev–Trinajstić information content (AvgIpc) is 2.18. The van der Waals surface area contributed by atoms with Gasteiger partial charge in [-0.1, -0.05) is 29.3 Å². The van der Waals surface area contributed by atoms with Crippen molar-refractivity contribution < 1.29 is 62.7 Å². The normalized spacial score (nSPS) is 10.2. The van der Waals surface area contributed by atoms with Crippen LogP contribution in [0.1, 0.15) is 6.99 Å². The maximum atomic E-state index is 10.4. The Morgan fingerprint density at radius 2 is 2.06 bits per heavy atom. The molecule has 0 aliphatic rings. The Labute approximate surface area is 147 Å². The summed E-state index contributed by atoms with van der Waals surface area (Å²) in [5, 5.41) is 17.9. The summed E-state index contributed by atoms with van der Waals surface area (Å²) in [5.74, 6) is -1.18. The summed E-state index contributed by atoms with van der Waals surface area (Å²) >= 11 is 11.4. The quantitative estimate of drug-likeness (QED) is 0.475. The monoisotopic (exact) mass is 281 g/mol. The third-order valence-corrected chi connectivity index (χ3v) is 2.36. The number of nitrogens with zero attached hydrogens (tertiary/aromatic N) is 1. The fraction of sp³-hybridized carbons (Fsp3) is 0. The smallest absolute Gasteiger partial charge is 1.00 e. The second-order valence-electron chi connectivity index (χ2n) is 2.64. The second-order valence-corrected chi connectivity index (χ2v) is 3.45. The van der Waals surface area contributed by atoms with Crippen LogP contribution in [0.5, 0.6) is 0 Å². The first-order chi connectivity index (χ1) is 7.04. The van der Waals surface area contributed by atoms with Crippen LogP contribution in [-0.2, 0) is 4.79 Å². The molecule has 16 heavy (non-hydrogen) atoms. The number of hydrogen-bond donors (Lipinski definition) is 1. The minimum atomic E-state index is -1.18. The van der Waals surface area contributed by atoms with Gasteiger partial charge in [0.1, 0.15) is 6.07 Å². The first kappa shape index (κ1) is 16.1. The third kappa shape index (κ3) is 4.56. The molecule has 6 heteroatoms. The molecule has 1 aromatic rings. The molecule has 0 saturated heterocycles. The van der Waals surface area contributed by atoms with E-state index in [1.807, 2.05) is 0 Å². The largest absolute Gasteiger partial charge is 1.00 e. The molecule has 0 aromatic heterocycles. The molecule has 0 fully saturated rings. The number of halogens is 2. The topological polar surface area (TPSA) is 61.1 Å². The number of carboxylic acid groups (broad SMARTS) is 1. The Balaban J connectivity index is 0. The summed E-state index contributed by atoms with van der Waals surface area (Å²) in [6.45, 7) is 0. The fourth-order valence-electron chi connectivity index (χ4n) is 0.967. The van der Waals surface area contributed by atoms with Gasteiger partial charge in [-0.3, -0.25) is 0 Å². The molecular formula is C10H6Cl2KNO2. The van der Waals surface area contributed by atoms with E-state index in [2.05, 4.69) is 0 Å². The van der Waals surface area contributed by atoms with E-state index in [0.29, 0.717) is 10.6 Å². The van der Waals surface area contributed by atoms with Gasteiger partial charge in [0.05, 0.1) is 15.6 Å². The Kier molecular flexibility index (Phi) is 7.52. The summed E-state index contributed by atoms with van der Waals surface area (Å²) in [6, 6.07) is 6.26. The molecule has 0 radical (unpaired) electrons. The minimum absolute atomic E-state index is 0. The molecule has 1 aromatic carbocycles. The van der Waals surface area contributed by atoms with Crippen molar-refractivity contribution in [1.29, 1.82) is 5.26 Å². The number of rotatable bonds is 2. The van der Waals surface area contributed by atoms with Crippen molar-refractivity contribution in [3.8, 4) is 6.07 Å². The molecule has 3 nitrogen and oxygen atoms in total. The molecule has 0 saturated carbocycles. The van der Waals surface area contributed by atoms with E-state index in [-0.39, 0.29) is 63.4 Å². The van der Waals surface area contributed by atoms with Crippen LogP contribution in [0.25, 0.3) is 5.57 Å². The molecule has 0 bridgehead atoms. The maximum Gasteiger partial charge on any atom is 1.00 e. The number of allylic oxidation sites excluding steroid dienone is 1.